The number of anilines is 1. The van der Waals surface area contributed by atoms with Crippen LogP contribution in [0.2, 0.25) is 0 Å². The number of para-hydroxylation sites is 2. The molecule has 0 radical (unpaired) electrons. The number of hydrogen-bond acceptors (Lipinski definition) is 2. The van der Waals surface area contributed by atoms with Gasteiger partial charge >= 0.3 is 5.97 Å². The maximum Gasteiger partial charge on any atom is 0.328 e. The Bertz CT molecular complexity index is 866. The molecule has 2 aromatic carbocycles. The summed E-state index contributed by atoms with van der Waals surface area (Å²) in [4.78, 5) is 13.0. The third-order valence-corrected chi connectivity index (χ3v) is 4.10. The average molecular weight is 320 g/mol. The summed E-state index contributed by atoms with van der Waals surface area (Å²) >= 11 is 0. The normalized spacial score (nSPS) is 11.2. The minimum atomic E-state index is -0.935. The van der Waals surface area contributed by atoms with Gasteiger partial charge in [0, 0.05) is 54.6 Å². The Hall–Kier alpha value is -3.01. The average Bonchev–Trinajstić information content (AvgIpc) is 2.97. The van der Waals surface area contributed by atoms with Crippen molar-refractivity contribution in [2.75, 3.05) is 18.5 Å². The van der Waals surface area contributed by atoms with Crippen LogP contribution in [0.4, 0.5) is 5.69 Å². The van der Waals surface area contributed by atoms with Crippen LogP contribution in [0.25, 0.3) is 17.0 Å². The van der Waals surface area contributed by atoms with Gasteiger partial charge in [-0.05, 0) is 24.3 Å². The molecule has 0 atom stereocenters. The topological polar surface area (TPSA) is 45.5 Å². The summed E-state index contributed by atoms with van der Waals surface area (Å²) in [6.07, 6.45) is 4.85. The van der Waals surface area contributed by atoms with Crippen LogP contribution in [-0.2, 0) is 11.3 Å². The van der Waals surface area contributed by atoms with Crippen LogP contribution < -0.4 is 4.90 Å². The lowest BCUT2D eigenvalue weighted by Crippen LogP contribution is -2.22. The van der Waals surface area contributed by atoms with Crippen molar-refractivity contribution in [2.45, 2.75) is 6.54 Å². The molecular formula is C20H20N2O2. The third-order valence-electron chi connectivity index (χ3n) is 4.10. The number of carboxylic acids is 1. The van der Waals surface area contributed by atoms with E-state index in [1.165, 1.54) is 11.8 Å². The second-order valence-electron chi connectivity index (χ2n) is 5.72. The Balaban J connectivity index is 1.83. The van der Waals surface area contributed by atoms with E-state index in [1.54, 1.807) is 6.08 Å². The Morgan fingerprint density at radius 3 is 2.58 bits per heavy atom. The highest BCUT2D eigenvalue weighted by molar-refractivity contribution is 5.93. The fourth-order valence-corrected chi connectivity index (χ4v) is 2.82. The Kier molecular flexibility index (Phi) is 4.66. The van der Waals surface area contributed by atoms with E-state index in [0.717, 1.165) is 29.6 Å². The molecule has 1 heterocycles. The van der Waals surface area contributed by atoms with Crippen LogP contribution in [0.1, 0.15) is 5.56 Å². The molecule has 0 bridgehead atoms. The van der Waals surface area contributed by atoms with Crippen molar-refractivity contribution in [1.29, 1.82) is 0 Å². The van der Waals surface area contributed by atoms with Gasteiger partial charge in [-0.1, -0.05) is 36.4 Å². The van der Waals surface area contributed by atoms with Crippen molar-refractivity contribution in [3.8, 4) is 0 Å². The van der Waals surface area contributed by atoms with Gasteiger partial charge in [-0.25, -0.2) is 4.79 Å². The predicted octanol–water partition coefficient (Wildman–Crippen LogP) is 3.88. The van der Waals surface area contributed by atoms with Gasteiger partial charge in [0.05, 0.1) is 0 Å². The molecule has 0 saturated heterocycles. The second kappa shape index (κ2) is 7.04. The molecule has 24 heavy (non-hydrogen) atoms. The zero-order valence-corrected chi connectivity index (χ0v) is 13.6. The molecule has 0 spiro atoms. The Morgan fingerprint density at radius 2 is 1.83 bits per heavy atom. The number of rotatable bonds is 6. The number of carboxylic acid groups (broad SMARTS) is 1. The molecule has 122 valence electrons. The molecule has 0 aliphatic carbocycles. The Morgan fingerprint density at radius 1 is 1.12 bits per heavy atom. The van der Waals surface area contributed by atoms with E-state index >= 15 is 0 Å². The standard InChI is InChI=1S/C20H20N2O2/c1-21(17-7-3-2-4-8-17)13-14-22-15-16(11-12-20(23)24)18-9-5-6-10-19(18)22/h2-12,15H,13-14H2,1H3,(H,23,24)/b12-11+. The van der Waals surface area contributed by atoms with Crippen LogP contribution in [-0.4, -0.2) is 29.2 Å². The van der Waals surface area contributed by atoms with E-state index in [1.807, 2.05) is 42.6 Å². The quantitative estimate of drug-likeness (QED) is 0.701. The lowest BCUT2D eigenvalue weighted by Gasteiger charge is -2.19. The van der Waals surface area contributed by atoms with Gasteiger partial charge in [0.25, 0.3) is 0 Å². The third kappa shape index (κ3) is 3.49. The van der Waals surface area contributed by atoms with Crippen molar-refractivity contribution in [3.05, 3.63) is 72.4 Å². The highest BCUT2D eigenvalue weighted by Crippen LogP contribution is 2.23. The zero-order chi connectivity index (χ0) is 16.9. The van der Waals surface area contributed by atoms with Gasteiger partial charge in [-0.15, -0.1) is 0 Å². The lowest BCUT2D eigenvalue weighted by atomic mass is 10.1. The molecule has 0 unspecified atom stereocenters. The first kappa shape index (κ1) is 15.9. The van der Waals surface area contributed by atoms with Gasteiger partial charge in [0.15, 0.2) is 0 Å². The van der Waals surface area contributed by atoms with E-state index < -0.39 is 5.97 Å². The van der Waals surface area contributed by atoms with Crippen molar-refractivity contribution < 1.29 is 9.90 Å². The lowest BCUT2D eigenvalue weighted by molar-refractivity contribution is -0.131. The minimum Gasteiger partial charge on any atom is -0.478 e. The molecule has 0 aliphatic heterocycles. The van der Waals surface area contributed by atoms with Gasteiger partial charge in [0.2, 0.25) is 0 Å². The SMILES string of the molecule is CN(CCn1cc(/C=C/C(=O)O)c2ccccc21)c1ccccc1. The fourth-order valence-electron chi connectivity index (χ4n) is 2.82. The van der Waals surface area contributed by atoms with Crippen LogP contribution >= 0.6 is 0 Å². The second-order valence-corrected chi connectivity index (χ2v) is 5.72. The molecule has 0 saturated carbocycles. The summed E-state index contributed by atoms with van der Waals surface area (Å²) in [5, 5.41) is 9.92. The minimum absolute atomic E-state index is 0.826. The van der Waals surface area contributed by atoms with E-state index in [9.17, 15) is 4.79 Å². The number of benzene rings is 2. The maximum atomic E-state index is 10.8. The smallest absolute Gasteiger partial charge is 0.328 e. The largest absolute Gasteiger partial charge is 0.478 e. The van der Waals surface area contributed by atoms with Crippen molar-refractivity contribution in [1.82, 2.24) is 4.57 Å². The molecule has 4 nitrogen and oxygen atoms in total. The first-order valence-electron chi connectivity index (χ1n) is 7.90. The first-order valence-corrected chi connectivity index (χ1v) is 7.90. The molecular weight excluding hydrogens is 300 g/mol. The van der Waals surface area contributed by atoms with E-state index in [0.29, 0.717) is 0 Å². The predicted molar refractivity (Wildman–Crippen MR) is 98.3 cm³/mol. The molecule has 1 aromatic heterocycles. The van der Waals surface area contributed by atoms with E-state index in [-0.39, 0.29) is 0 Å². The zero-order valence-electron chi connectivity index (χ0n) is 13.6. The highest BCUT2D eigenvalue weighted by atomic mass is 16.4. The van der Waals surface area contributed by atoms with E-state index in [4.69, 9.17) is 5.11 Å². The molecule has 0 aliphatic rings. The molecule has 3 rings (SSSR count). The summed E-state index contributed by atoms with van der Waals surface area (Å²) in [6.45, 7) is 1.69. The fraction of sp³-hybridized carbons (Fsp3) is 0.150. The van der Waals surface area contributed by atoms with Crippen molar-refractivity contribution >= 4 is 28.6 Å². The van der Waals surface area contributed by atoms with Crippen LogP contribution in [0.5, 0.6) is 0 Å². The molecule has 3 aromatic rings. The van der Waals surface area contributed by atoms with Crippen LogP contribution in [0, 0.1) is 0 Å². The van der Waals surface area contributed by atoms with Crippen LogP contribution in [0.3, 0.4) is 0 Å². The van der Waals surface area contributed by atoms with Gasteiger partial charge in [0.1, 0.15) is 0 Å². The maximum absolute atomic E-state index is 10.8. The molecule has 0 amide bonds. The number of fused-ring (bicyclic) bond motifs is 1. The number of likely N-dealkylation sites (N-methyl/N-ethyl adjacent to an activating group) is 1. The highest BCUT2D eigenvalue weighted by Gasteiger charge is 2.07. The van der Waals surface area contributed by atoms with Crippen molar-refractivity contribution in [3.63, 3.8) is 0 Å². The number of aromatic nitrogens is 1. The van der Waals surface area contributed by atoms with Gasteiger partial charge in [-0.3, -0.25) is 0 Å². The molecule has 1 N–H and O–H groups in total. The van der Waals surface area contributed by atoms with Crippen LogP contribution in [0.15, 0.2) is 66.9 Å². The summed E-state index contributed by atoms with van der Waals surface area (Å²) in [5.74, 6) is -0.935. The summed E-state index contributed by atoms with van der Waals surface area (Å²) in [5.41, 5.74) is 3.22. The van der Waals surface area contributed by atoms with Gasteiger partial charge < -0.3 is 14.6 Å². The van der Waals surface area contributed by atoms with E-state index in [2.05, 4.69) is 34.7 Å². The summed E-state index contributed by atoms with van der Waals surface area (Å²) in [6, 6.07) is 18.3. The number of hydrogen-bond donors (Lipinski definition) is 1. The number of carbonyl (C=O) groups is 1. The summed E-state index contributed by atoms with van der Waals surface area (Å²) < 4.78 is 2.18. The number of nitrogens with zero attached hydrogens (tertiary/aromatic N) is 2. The van der Waals surface area contributed by atoms with Crippen molar-refractivity contribution in [2.24, 2.45) is 0 Å². The first-order chi connectivity index (χ1) is 11.6. The molecule has 4 heteroatoms. The number of aliphatic carboxylic acids is 1. The Labute approximate surface area is 141 Å². The molecule has 0 fully saturated rings. The monoisotopic (exact) mass is 320 g/mol. The summed E-state index contributed by atoms with van der Waals surface area (Å²) in [7, 11) is 2.08. The van der Waals surface area contributed by atoms with Gasteiger partial charge in [-0.2, -0.15) is 0 Å².